The second kappa shape index (κ2) is 8.46. The highest BCUT2D eigenvalue weighted by Crippen LogP contribution is 2.31. The molecule has 1 fully saturated rings. The van der Waals surface area contributed by atoms with Crippen molar-refractivity contribution < 1.29 is 9.59 Å². The molecule has 6 heteroatoms. The number of rotatable bonds is 4. The summed E-state index contributed by atoms with van der Waals surface area (Å²) in [6.07, 6.45) is 2.68. The van der Waals surface area contributed by atoms with E-state index in [0.717, 1.165) is 38.0 Å². The molecule has 2 heterocycles. The van der Waals surface area contributed by atoms with Crippen molar-refractivity contribution in [2.45, 2.75) is 26.2 Å². The number of anilines is 2. The zero-order valence-electron chi connectivity index (χ0n) is 16.7. The Kier molecular flexibility index (Phi) is 5.76. The van der Waals surface area contributed by atoms with E-state index in [1.807, 2.05) is 6.07 Å². The van der Waals surface area contributed by atoms with Crippen molar-refractivity contribution in [2.24, 2.45) is 5.92 Å². The summed E-state index contributed by atoms with van der Waals surface area (Å²) in [5.74, 6) is -0.259. The highest BCUT2D eigenvalue weighted by Gasteiger charge is 2.29. The van der Waals surface area contributed by atoms with Gasteiger partial charge in [0.05, 0.1) is 5.92 Å². The molecule has 29 heavy (non-hydrogen) atoms. The number of amides is 2. The fourth-order valence-electron chi connectivity index (χ4n) is 4.25. The maximum Gasteiger partial charge on any atom is 0.253 e. The van der Waals surface area contributed by atoms with Gasteiger partial charge < -0.3 is 15.1 Å². The molecule has 5 nitrogen and oxygen atoms in total. The molecule has 2 aliphatic rings. The predicted molar refractivity (Wildman–Crippen MR) is 117 cm³/mol. The SMILES string of the molecule is CCN1CCc2ccc(NC(=O)C3CCCN(C(=O)c4ccc(Cl)cc4)C3)cc21. The number of fused-ring (bicyclic) bond motifs is 1. The number of benzene rings is 2. The van der Waals surface area contributed by atoms with Crippen molar-refractivity contribution in [3.05, 3.63) is 58.6 Å². The van der Waals surface area contributed by atoms with Crippen LogP contribution in [0.2, 0.25) is 5.02 Å². The smallest absolute Gasteiger partial charge is 0.253 e. The van der Waals surface area contributed by atoms with E-state index in [9.17, 15) is 9.59 Å². The number of piperidine rings is 1. The van der Waals surface area contributed by atoms with E-state index in [0.29, 0.717) is 23.7 Å². The largest absolute Gasteiger partial charge is 0.371 e. The molecule has 1 atom stereocenters. The van der Waals surface area contributed by atoms with Gasteiger partial charge in [0.15, 0.2) is 0 Å². The summed E-state index contributed by atoms with van der Waals surface area (Å²) in [6.45, 7) is 5.27. The van der Waals surface area contributed by atoms with Gasteiger partial charge in [0.25, 0.3) is 5.91 Å². The first kappa shape index (κ1) is 19.8. The maximum absolute atomic E-state index is 12.9. The van der Waals surface area contributed by atoms with Crippen LogP contribution in [-0.4, -0.2) is 42.9 Å². The van der Waals surface area contributed by atoms with Crippen LogP contribution in [0.3, 0.4) is 0 Å². The zero-order valence-corrected chi connectivity index (χ0v) is 17.4. The molecular formula is C23H26ClN3O2. The summed E-state index contributed by atoms with van der Waals surface area (Å²) in [7, 11) is 0. The van der Waals surface area contributed by atoms with Gasteiger partial charge in [0, 0.05) is 48.1 Å². The first-order valence-corrected chi connectivity index (χ1v) is 10.7. The topological polar surface area (TPSA) is 52.7 Å². The molecular weight excluding hydrogens is 386 g/mol. The van der Waals surface area contributed by atoms with Gasteiger partial charge in [-0.1, -0.05) is 17.7 Å². The first-order chi connectivity index (χ1) is 14.0. The fourth-order valence-corrected chi connectivity index (χ4v) is 4.37. The summed E-state index contributed by atoms with van der Waals surface area (Å²) in [5.41, 5.74) is 3.99. The molecule has 1 N–H and O–H groups in total. The Labute approximate surface area is 176 Å². The summed E-state index contributed by atoms with van der Waals surface area (Å²) in [5, 5.41) is 3.68. The van der Waals surface area contributed by atoms with Gasteiger partial charge in [0.1, 0.15) is 0 Å². The number of carbonyl (C=O) groups excluding carboxylic acids is 2. The standard InChI is InChI=1S/C23H26ClN3O2/c1-2-26-13-11-16-7-10-20(14-21(16)26)25-22(28)18-4-3-12-27(15-18)23(29)17-5-8-19(24)9-6-17/h5-10,14,18H,2-4,11-13,15H2,1H3,(H,25,28). The quantitative estimate of drug-likeness (QED) is 0.819. The number of likely N-dealkylation sites (N-methyl/N-ethyl adjacent to an activating group) is 1. The van der Waals surface area contributed by atoms with Crippen LogP contribution in [0.25, 0.3) is 0 Å². The van der Waals surface area contributed by atoms with Gasteiger partial charge in [-0.25, -0.2) is 0 Å². The van der Waals surface area contributed by atoms with E-state index in [1.54, 1.807) is 29.2 Å². The highest BCUT2D eigenvalue weighted by molar-refractivity contribution is 6.30. The van der Waals surface area contributed by atoms with Crippen LogP contribution < -0.4 is 10.2 Å². The molecule has 0 aromatic heterocycles. The first-order valence-electron chi connectivity index (χ1n) is 10.3. The molecule has 0 bridgehead atoms. The van der Waals surface area contributed by atoms with E-state index in [2.05, 4.69) is 29.3 Å². The number of hydrogen-bond acceptors (Lipinski definition) is 3. The third kappa shape index (κ3) is 4.25. The molecule has 0 aliphatic carbocycles. The minimum Gasteiger partial charge on any atom is -0.371 e. The van der Waals surface area contributed by atoms with Crippen LogP contribution in [0.15, 0.2) is 42.5 Å². The number of nitrogens with zero attached hydrogens (tertiary/aromatic N) is 2. The molecule has 2 aromatic rings. The van der Waals surface area contributed by atoms with E-state index in [4.69, 9.17) is 11.6 Å². The minimum atomic E-state index is -0.199. The zero-order chi connectivity index (χ0) is 20.4. The van der Waals surface area contributed by atoms with Crippen LogP contribution in [0.5, 0.6) is 0 Å². The Morgan fingerprint density at radius 3 is 2.69 bits per heavy atom. The Morgan fingerprint density at radius 1 is 1.14 bits per heavy atom. The minimum absolute atomic E-state index is 0.0143. The Morgan fingerprint density at radius 2 is 1.93 bits per heavy atom. The molecule has 0 radical (unpaired) electrons. The molecule has 0 spiro atoms. The second-order valence-corrected chi connectivity index (χ2v) is 8.20. The van der Waals surface area contributed by atoms with Gasteiger partial charge in [-0.2, -0.15) is 0 Å². The summed E-state index contributed by atoms with van der Waals surface area (Å²) < 4.78 is 0. The molecule has 1 unspecified atom stereocenters. The van der Waals surface area contributed by atoms with Crippen LogP contribution in [0, 0.1) is 5.92 Å². The third-order valence-corrected chi connectivity index (χ3v) is 6.15. The third-order valence-electron chi connectivity index (χ3n) is 5.90. The monoisotopic (exact) mass is 411 g/mol. The average Bonchev–Trinajstić information content (AvgIpc) is 3.16. The van der Waals surface area contributed by atoms with E-state index >= 15 is 0 Å². The molecule has 0 saturated carbocycles. The molecule has 152 valence electrons. The van der Waals surface area contributed by atoms with Gasteiger partial charge >= 0.3 is 0 Å². The van der Waals surface area contributed by atoms with Crippen LogP contribution in [-0.2, 0) is 11.2 Å². The lowest BCUT2D eigenvalue weighted by Gasteiger charge is -2.32. The number of carbonyl (C=O) groups is 2. The van der Waals surface area contributed by atoms with Crippen molar-refractivity contribution >= 4 is 34.8 Å². The summed E-state index contributed by atoms with van der Waals surface area (Å²) in [4.78, 5) is 29.8. The maximum atomic E-state index is 12.9. The van der Waals surface area contributed by atoms with Gasteiger partial charge in [-0.05, 0) is 68.1 Å². The number of nitrogens with one attached hydrogen (secondary N) is 1. The lowest BCUT2D eigenvalue weighted by molar-refractivity contribution is -0.121. The molecule has 2 amide bonds. The van der Waals surface area contributed by atoms with E-state index in [-0.39, 0.29) is 17.7 Å². The van der Waals surface area contributed by atoms with Crippen molar-refractivity contribution in [2.75, 3.05) is 36.4 Å². The lowest BCUT2D eigenvalue weighted by Crippen LogP contribution is -2.43. The van der Waals surface area contributed by atoms with Crippen molar-refractivity contribution in [1.29, 1.82) is 0 Å². The molecule has 4 rings (SSSR count). The summed E-state index contributed by atoms with van der Waals surface area (Å²) in [6, 6.07) is 13.1. The summed E-state index contributed by atoms with van der Waals surface area (Å²) >= 11 is 5.92. The molecule has 2 aromatic carbocycles. The Bertz CT molecular complexity index is 913. The van der Waals surface area contributed by atoms with Gasteiger partial charge in [0.2, 0.25) is 5.91 Å². The number of likely N-dealkylation sites (tertiary alicyclic amines) is 1. The number of hydrogen-bond donors (Lipinski definition) is 1. The Balaban J connectivity index is 1.41. The normalized spacial score (nSPS) is 18.5. The van der Waals surface area contributed by atoms with Crippen LogP contribution in [0.4, 0.5) is 11.4 Å². The van der Waals surface area contributed by atoms with Crippen LogP contribution in [0.1, 0.15) is 35.7 Å². The van der Waals surface area contributed by atoms with Gasteiger partial charge in [-0.3, -0.25) is 9.59 Å². The predicted octanol–water partition coefficient (Wildman–Crippen LogP) is 4.21. The van der Waals surface area contributed by atoms with E-state index in [1.165, 1.54) is 11.3 Å². The Hall–Kier alpha value is -2.53. The van der Waals surface area contributed by atoms with E-state index < -0.39 is 0 Å². The highest BCUT2D eigenvalue weighted by atomic mass is 35.5. The van der Waals surface area contributed by atoms with Gasteiger partial charge in [-0.15, -0.1) is 0 Å². The molecule has 1 saturated heterocycles. The van der Waals surface area contributed by atoms with Crippen molar-refractivity contribution in [3.63, 3.8) is 0 Å². The van der Waals surface area contributed by atoms with Crippen molar-refractivity contribution in [1.82, 2.24) is 4.90 Å². The average molecular weight is 412 g/mol. The molecule has 2 aliphatic heterocycles. The number of halogens is 1. The van der Waals surface area contributed by atoms with Crippen molar-refractivity contribution in [3.8, 4) is 0 Å². The van der Waals surface area contributed by atoms with Crippen LogP contribution >= 0.6 is 11.6 Å². The second-order valence-electron chi connectivity index (χ2n) is 7.76. The lowest BCUT2D eigenvalue weighted by atomic mass is 9.96. The fraction of sp³-hybridized carbons (Fsp3) is 0.391.